The topological polar surface area (TPSA) is 60.2 Å². The maximum absolute atomic E-state index is 10.9. The molecule has 0 amide bonds. The summed E-state index contributed by atoms with van der Waals surface area (Å²) in [6.45, 7) is -0.0972. The molecule has 0 heterocycles. The standard InChI is InChI=1S/C7H12BrNO3/c8-5-1-3-7(10)4-2-6-9(11)12/h1-6H2. The van der Waals surface area contributed by atoms with E-state index in [1.54, 1.807) is 0 Å². The fourth-order valence-electron chi connectivity index (χ4n) is 0.794. The van der Waals surface area contributed by atoms with Crippen molar-refractivity contribution < 1.29 is 9.72 Å². The lowest BCUT2D eigenvalue weighted by atomic mass is 10.1. The number of carbonyl (C=O) groups is 1. The van der Waals surface area contributed by atoms with Crippen molar-refractivity contribution in [2.75, 3.05) is 11.9 Å². The van der Waals surface area contributed by atoms with Crippen LogP contribution in [-0.4, -0.2) is 22.6 Å². The molecule has 0 N–H and O–H groups in total. The summed E-state index contributed by atoms with van der Waals surface area (Å²) in [6, 6.07) is 0. The zero-order valence-corrected chi connectivity index (χ0v) is 8.38. The number of halogens is 1. The Hall–Kier alpha value is -0.450. The zero-order chi connectivity index (χ0) is 9.40. The van der Waals surface area contributed by atoms with Crippen molar-refractivity contribution in [3.63, 3.8) is 0 Å². The van der Waals surface area contributed by atoms with Crippen LogP contribution < -0.4 is 0 Å². The molecule has 0 saturated heterocycles. The maximum atomic E-state index is 10.9. The van der Waals surface area contributed by atoms with Crippen LogP contribution in [0.4, 0.5) is 0 Å². The fourth-order valence-corrected chi connectivity index (χ4v) is 1.07. The number of hydrogen-bond acceptors (Lipinski definition) is 3. The van der Waals surface area contributed by atoms with Crippen LogP contribution in [0.5, 0.6) is 0 Å². The lowest BCUT2D eigenvalue weighted by Gasteiger charge is -1.95. The van der Waals surface area contributed by atoms with E-state index < -0.39 is 4.92 Å². The van der Waals surface area contributed by atoms with Gasteiger partial charge in [0.05, 0.1) is 0 Å². The van der Waals surface area contributed by atoms with Crippen LogP contribution in [0.3, 0.4) is 0 Å². The van der Waals surface area contributed by atoms with Gasteiger partial charge in [-0.2, -0.15) is 0 Å². The van der Waals surface area contributed by atoms with Crippen molar-refractivity contribution in [1.82, 2.24) is 0 Å². The molecule has 0 aliphatic carbocycles. The third-order valence-corrected chi connectivity index (χ3v) is 1.95. The second kappa shape index (κ2) is 7.21. The van der Waals surface area contributed by atoms with Crippen molar-refractivity contribution >= 4 is 21.7 Å². The third kappa shape index (κ3) is 7.65. The van der Waals surface area contributed by atoms with Gasteiger partial charge in [0.25, 0.3) is 0 Å². The number of carbonyl (C=O) groups excluding carboxylic acids is 1. The molecular weight excluding hydrogens is 226 g/mol. The maximum Gasteiger partial charge on any atom is 0.204 e. The number of nitrogens with zero attached hydrogens (tertiary/aromatic N) is 1. The summed E-state index contributed by atoms with van der Waals surface area (Å²) >= 11 is 3.21. The lowest BCUT2D eigenvalue weighted by Crippen LogP contribution is -2.05. The van der Waals surface area contributed by atoms with Crippen LogP contribution in [0.1, 0.15) is 25.7 Å². The van der Waals surface area contributed by atoms with Gasteiger partial charge in [-0.15, -0.1) is 0 Å². The molecule has 70 valence electrons. The molecular formula is C7H12BrNO3. The van der Waals surface area contributed by atoms with Gasteiger partial charge in [-0.25, -0.2) is 0 Å². The van der Waals surface area contributed by atoms with Gasteiger partial charge in [-0.1, -0.05) is 15.9 Å². The summed E-state index contributed by atoms with van der Waals surface area (Å²) < 4.78 is 0. The van der Waals surface area contributed by atoms with E-state index in [1.807, 2.05) is 0 Å². The van der Waals surface area contributed by atoms with Crippen LogP contribution in [0, 0.1) is 10.1 Å². The van der Waals surface area contributed by atoms with Gasteiger partial charge < -0.3 is 0 Å². The monoisotopic (exact) mass is 237 g/mol. The van der Waals surface area contributed by atoms with Crippen molar-refractivity contribution in [2.24, 2.45) is 0 Å². The molecule has 0 spiro atoms. The van der Waals surface area contributed by atoms with Crippen molar-refractivity contribution in [2.45, 2.75) is 25.7 Å². The molecule has 0 saturated carbocycles. The molecule has 0 rings (SSSR count). The highest BCUT2D eigenvalue weighted by atomic mass is 79.9. The Kier molecular flexibility index (Phi) is 6.94. The number of Topliss-reactive ketones (excluding diaryl/α,β-unsaturated/α-hetero) is 1. The molecule has 0 aromatic carbocycles. The molecule has 0 aliphatic rings. The molecule has 0 aromatic rings. The van der Waals surface area contributed by atoms with Crippen molar-refractivity contribution in [1.29, 1.82) is 0 Å². The Bertz CT molecular complexity index is 161. The first-order valence-electron chi connectivity index (χ1n) is 3.86. The Morgan fingerprint density at radius 1 is 1.33 bits per heavy atom. The van der Waals surface area contributed by atoms with Gasteiger partial charge in [0, 0.05) is 29.5 Å². The quantitative estimate of drug-likeness (QED) is 0.386. The second-order valence-electron chi connectivity index (χ2n) is 2.49. The third-order valence-electron chi connectivity index (χ3n) is 1.39. The van der Waals surface area contributed by atoms with Gasteiger partial charge in [-0.05, 0) is 6.42 Å². The molecule has 0 radical (unpaired) electrons. The fraction of sp³-hybridized carbons (Fsp3) is 0.857. The average Bonchev–Trinajstić information content (AvgIpc) is 2.00. The molecule has 5 heteroatoms. The highest BCUT2D eigenvalue weighted by Gasteiger charge is 2.03. The summed E-state index contributed by atoms with van der Waals surface area (Å²) in [5, 5.41) is 10.7. The van der Waals surface area contributed by atoms with Crippen molar-refractivity contribution in [3.05, 3.63) is 10.1 Å². The normalized spacial score (nSPS) is 9.75. The second-order valence-corrected chi connectivity index (χ2v) is 3.28. The van der Waals surface area contributed by atoms with E-state index in [0.29, 0.717) is 19.3 Å². The molecule has 0 aliphatic heterocycles. The van der Waals surface area contributed by atoms with Crippen LogP contribution in [-0.2, 0) is 4.79 Å². The van der Waals surface area contributed by atoms with Gasteiger partial charge >= 0.3 is 0 Å². The minimum absolute atomic E-state index is 0.0972. The molecule has 0 unspecified atom stereocenters. The van der Waals surface area contributed by atoms with Crippen LogP contribution >= 0.6 is 15.9 Å². The number of rotatable bonds is 7. The first-order valence-corrected chi connectivity index (χ1v) is 4.98. The Morgan fingerprint density at radius 3 is 2.42 bits per heavy atom. The summed E-state index contributed by atoms with van der Waals surface area (Å²) in [5.74, 6) is 0.122. The number of nitro groups is 1. The van der Waals surface area contributed by atoms with Crippen molar-refractivity contribution in [3.8, 4) is 0 Å². The highest BCUT2D eigenvalue weighted by Crippen LogP contribution is 2.00. The average molecular weight is 238 g/mol. The van der Waals surface area contributed by atoms with Crippen LogP contribution in [0.2, 0.25) is 0 Å². The Balaban J connectivity index is 3.25. The van der Waals surface area contributed by atoms with E-state index in [0.717, 1.165) is 11.8 Å². The number of ketones is 1. The summed E-state index contributed by atoms with van der Waals surface area (Å²) in [6.07, 6.45) is 2.06. The van der Waals surface area contributed by atoms with Gasteiger partial charge in [-0.3, -0.25) is 14.9 Å². The van der Waals surface area contributed by atoms with E-state index in [4.69, 9.17) is 0 Å². The molecule has 12 heavy (non-hydrogen) atoms. The minimum Gasteiger partial charge on any atom is -0.300 e. The molecule has 0 atom stereocenters. The molecule has 0 aromatic heterocycles. The van der Waals surface area contributed by atoms with E-state index in [-0.39, 0.29) is 12.3 Å². The zero-order valence-electron chi connectivity index (χ0n) is 6.79. The molecule has 0 fully saturated rings. The first kappa shape index (κ1) is 11.6. The predicted molar refractivity (Wildman–Crippen MR) is 49.1 cm³/mol. The Morgan fingerprint density at radius 2 is 1.92 bits per heavy atom. The largest absolute Gasteiger partial charge is 0.300 e. The summed E-state index contributed by atoms with van der Waals surface area (Å²) in [7, 11) is 0. The van der Waals surface area contributed by atoms with Gasteiger partial charge in [0.1, 0.15) is 5.78 Å². The number of alkyl halides is 1. The highest BCUT2D eigenvalue weighted by molar-refractivity contribution is 9.09. The van der Waals surface area contributed by atoms with E-state index >= 15 is 0 Å². The van der Waals surface area contributed by atoms with E-state index in [1.165, 1.54) is 0 Å². The summed E-state index contributed by atoms with van der Waals surface area (Å²) in [5.41, 5.74) is 0. The number of hydrogen-bond donors (Lipinski definition) is 0. The smallest absolute Gasteiger partial charge is 0.204 e. The predicted octanol–water partition coefficient (Wildman–Crippen LogP) is 1.79. The SMILES string of the molecule is O=C(CCCBr)CCC[N+](=O)[O-]. The van der Waals surface area contributed by atoms with Crippen LogP contribution in [0.15, 0.2) is 0 Å². The van der Waals surface area contributed by atoms with Gasteiger partial charge in [0.2, 0.25) is 6.54 Å². The van der Waals surface area contributed by atoms with Crippen LogP contribution in [0.25, 0.3) is 0 Å². The molecule has 4 nitrogen and oxygen atoms in total. The first-order chi connectivity index (χ1) is 5.66. The van der Waals surface area contributed by atoms with E-state index in [2.05, 4.69) is 15.9 Å². The summed E-state index contributed by atoms with van der Waals surface area (Å²) in [4.78, 5) is 20.4. The lowest BCUT2D eigenvalue weighted by molar-refractivity contribution is -0.480. The Labute approximate surface area is 79.6 Å². The molecule has 0 bridgehead atoms. The van der Waals surface area contributed by atoms with E-state index in [9.17, 15) is 14.9 Å². The minimum atomic E-state index is -0.391. The van der Waals surface area contributed by atoms with Gasteiger partial charge in [0.15, 0.2) is 0 Å².